The highest BCUT2D eigenvalue weighted by molar-refractivity contribution is 6.23. The molecule has 1 heteroatoms. The van der Waals surface area contributed by atoms with E-state index < -0.39 is 0 Å². The van der Waals surface area contributed by atoms with Crippen LogP contribution in [-0.4, -0.2) is 0 Å². The number of hydrogen-bond donors (Lipinski definition) is 0. The standard InChI is InChI=1S/C42H28O/c1-2-13-30-27(11-1)12-9-20-33(30)41-36-17-5-3-15-34(36)40(35-16-4-6-18-37(35)41)29-25-23-28(24-26-29)31-19-10-21-38-32-14-7-8-22-39(32)43-42(31)38/h1-20,22-26,38H,21H2. The fourth-order valence-corrected chi connectivity index (χ4v) is 7.30. The van der Waals surface area contributed by atoms with Gasteiger partial charge >= 0.3 is 0 Å². The first kappa shape index (κ1) is 24.2. The van der Waals surface area contributed by atoms with Gasteiger partial charge in [-0.25, -0.2) is 0 Å². The van der Waals surface area contributed by atoms with Gasteiger partial charge in [0, 0.05) is 17.1 Å². The molecule has 7 aromatic rings. The van der Waals surface area contributed by atoms with Gasteiger partial charge in [-0.1, -0.05) is 146 Å². The lowest BCUT2D eigenvalue weighted by Gasteiger charge is -2.20. The van der Waals surface area contributed by atoms with Gasteiger partial charge < -0.3 is 4.74 Å². The first-order chi connectivity index (χ1) is 21.3. The van der Waals surface area contributed by atoms with Crippen LogP contribution in [0.5, 0.6) is 5.75 Å². The lowest BCUT2D eigenvalue weighted by Crippen LogP contribution is -2.05. The maximum atomic E-state index is 6.42. The fraction of sp³-hybridized carbons (Fsp3) is 0.0476. The Morgan fingerprint density at radius 2 is 1.07 bits per heavy atom. The van der Waals surface area contributed by atoms with Crippen LogP contribution in [-0.2, 0) is 0 Å². The highest BCUT2D eigenvalue weighted by atomic mass is 16.5. The Morgan fingerprint density at radius 3 is 1.81 bits per heavy atom. The molecule has 1 aliphatic carbocycles. The third-order valence-electron chi connectivity index (χ3n) is 9.23. The lowest BCUT2D eigenvalue weighted by atomic mass is 9.84. The van der Waals surface area contributed by atoms with Gasteiger partial charge in [0.05, 0.1) is 0 Å². The van der Waals surface area contributed by atoms with E-state index in [4.69, 9.17) is 4.74 Å². The van der Waals surface area contributed by atoms with E-state index in [1.807, 2.05) is 0 Å². The van der Waals surface area contributed by atoms with E-state index in [1.54, 1.807) is 0 Å². The molecule has 9 rings (SSSR count). The van der Waals surface area contributed by atoms with Crippen LogP contribution in [0.4, 0.5) is 0 Å². The van der Waals surface area contributed by atoms with Crippen molar-refractivity contribution in [2.24, 2.45) is 0 Å². The summed E-state index contributed by atoms with van der Waals surface area (Å²) >= 11 is 0. The van der Waals surface area contributed by atoms with Gasteiger partial charge in [0.2, 0.25) is 0 Å². The van der Waals surface area contributed by atoms with Crippen LogP contribution in [0.1, 0.15) is 23.5 Å². The maximum absolute atomic E-state index is 6.42. The second-order valence-electron chi connectivity index (χ2n) is 11.6. The fourth-order valence-electron chi connectivity index (χ4n) is 7.30. The topological polar surface area (TPSA) is 9.23 Å². The molecule has 0 spiro atoms. The Bertz CT molecular complexity index is 2220. The first-order valence-electron chi connectivity index (χ1n) is 15.0. The number of para-hydroxylation sites is 1. The molecule has 1 aliphatic heterocycles. The summed E-state index contributed by atoms with van der Waals surface area (Å²) in [5, 5.41) is 7.63. The summed E-state index contributed by atoms with van der Waals surface area (Å²) in [7, 11) is 0. The molecule has 0 aromatic heterocycles. The Labute approximate surface area is 251 Å². The van der Waals surface area contributed by atoms with E-state index in [2.05, 4.69) is 152 Å². The minimum absolute atomic E-state index is 0.297. The average molecular weight is 549 g/mol. The minimum Gasteiger partial charge on any atom is -0.460 e. The van der Waals surface area contributed by atoms with Crippen LogP contribution in [0.25, 0.3) is 60.1 Å². The monoisotopic (exact) mass is 548 g/mol. The largest absolute Gasteiger partial charge is 0.460 e. The molecule has 1 atom stereocenters. The third kappa shape index (κ3) is 3.72. The number of hydrogen-bond acceptors (Lipinski definition) is 1. The van der Waals surface area contributed by atoms with Crippen molar-refractivity contribution >= 4 is 37.9 Å². The molecule has 0 fully saturated rings. The molecule has 0 radical (unpaired) electrons. The molecule has 2 aliphatic rings. The SMILES string of the molecule is C1=CC(c2ccc(-c3c4ccccc4c(-c4cccc5ccccc45)c4ccccc34)cc2)=C2Oc3ccccc3C2C1. The summed E-state index contributed by atoms with van der Waals surface area (Å²) in [5.74, 6) is 2.36. The molecular formula is C42H28O. The van der Waals surface area contributed by atoms with Crippen molar-refractivity contribution in [1.29, 1.82) is 0 Å². The molecule has 1 unspecified atom stereocenters. The molecule has 0 saturated carbocycles. The van der Waals surface area contributed by atoms with Gasteiger partial charge in [0.15, 0.2) is 0 Å². The van der Waals surface area contributed by atoms with Crippen molar-refractivity contribution in [2.45, 2.75) is 12.3 Å². The van der Waals surface area contributed by atoms with E-state index in [9.17, 15) is 0 Å². The van der Waals surface area contributed by atoms with Gasteiger partial charge in [-0.05, 0) is 72.6 Å². The molecule has 1 nitrogen and oxygen atoms in total. The summed E-state index contributed by atoms with van der Waals surface area (Å²) in [4.78, 5) is 0. The normalized spacial score (nSPS) is 15.6. The summed E-state index contributed by atoms with van der Waals surface area (Å²) in [5.41, 5.74) is 8.73. The summed E-state index contributed by atoms with van der Waals surface area (Å²) in [6.07, 6.45) is 5.50. The van der Waals surface area contributed by atoms with Crippen LogP contribution < -0.4 is 4.74 Å². The molecular weight excluding hydrogens is 520 g/mol. The Kier molecular flexibility index (Phi) is 5.39. The summed E-state index contributed by atoms with van der Waals surface area (Å²) in [6, 6.07) is 50.7. The van der Waals surface area contributed by atoms with Crippen molar-refractivity contribution in [3.05, 3.63) is 169 Å². The van der Waals surface area contributed by atoms with Crippen molar-refractivity contribution in [3.63, 3.8) is 0 Å². The smallest absolute Gasteiger partial charge is 0.130 e. The van der Waals surface area contributed by atoms with Gasteiger partial charge in [-0.3, -0.25) is 0 Å². The number of fused-ring (bicyclic) bond motifs is 6. The summed E-state index contributed by atoms with van der Waals surface area (Å²) in [6.45, 7) is 0. The molecule has 7 aromatic carbocycles. The Morgan fingerprint density at radius 1 is 0.488 bits per heavy atom. The lowest BCUT2D eigenvalue weighted by molar-refractivity contribution is 0.429. The average Bonchev–Trinajstić information content (AvgIpc) is 3.46. The molecule has 0 bridgehead atoms. The number of allylic oxidation sites excluding steroid dienone is 4. The molecule has 43 heavy (non-hydrogen) atoms. The maximum Gasteiger partial charge on any atom is 0.130 e. The first-order valence-corrected chi connectivity index (χ1v) is 15.0. The molecule has 0 saturated heterocycles. The van der Waals surface area contributed by atoms with E-state index >= 15 is 0 Å². The van der Waals surface area contributed by atoms with Crippen molar-refractivity contribution in [2.75, 3.05) is 0 Å². The number of ether oxygens (including phenoxy) is 1. The third-order valence-corrected chi connectivity index (χ3v) is 9.23. The van der Waals surface area contributed by atoms with Crippen LogP contribution in [0, 0.1) is 0 Å². The number of rotatable bonds is 3. The highest BCUT2D eigenvalue weighted by Crippen LogP contribution is 2.49. The van der Waals surface area contributed by atoms with Gasteiger partial charge in [-0.15, -0.1) is 0 Å². The quantitative estimate of drug-likeness (QED) is 0.200. The van der Waals surface area contributed by atoms with Crippen LogP contribution in [0.15, 0.2) is 157 Å². The van der Waals surface area contributed by atoms with Gasteiger partial charge in [-0.2, -0.15) is 0 Å². The molecule has 0 amide bonds. The van der Waals surface area contributed by atoms with Crippen molar-refractivity contribution in [1.82, 2.24) is 0 Å². The van der Waals surface area contributed by atoms with E-state index in [1.165, 1.54) is 71.3 Å². The highest BCUT2D eigenvalue weighted by Gasteiger charge is 2.32. The van der Waals surface area contributed by atoms with Gasteiger partial charge in [0.1, 0.15) is 11.5 Å². The Hall–Kier alpha value is -5.40. The predicted octanol–water partition coefficient (Wildman–Crippen LogP) is 11.3. The van der Waals surface area contributed by atoms with E-state index in [0.717, 1.165) is 17.9 Å². The van der Waals surface area contributed by atoms with Crippen LogP contribution in [0.2, 0.25) is 0 Å². The predicted molar refractivity (Wildman–Crippen MR) is 180 cm³/mol. The van der Waals surface area contributed by atoms with Crippen molar-refractivity contribution in [3.8, 4) is 28.0 Å². The van der Waals surface area contributed by atoms with E-state index in [0.29, 0.717) is 5.92 Å². The zero-order chi connectivity index (χ0) is 28.3. The molecule has 1 heterocycles. The molecule has 202 valence electrons. The zero-order valence-electron chi connectivity index (χ0n) is 23.6. The Balaban J connectivity index is 1.24. The molecule has 0 N–H and O–H groups in total. The second-order valence-corrected chi connectivity index (χ2v) is 11.6. The van der Waals surface area contributed by atoms with Crippen molar-refractivity contribution < 1.29 is 4.74 Å². The zero-order valence-corrected chi connectivity index (χ0v) is 23.6. The number of benzene rings is 7. The van der Waals surface area contributed by atoms with Crippen LogP contribution >= 0.6 is 0 Å². The van der Waals surface area contributed by atoms with E-state index in [-0.39, 0.29) is 0 Å². The van der Waals surface area contributed by atoms with Gasteiger partial charge in [0.25, 0.3) is 0 Å². The summed E-state index contributed by atoms with van der Waals surface area (Å²) < 4.78 is 6.42. The van der Waals surface area contributed by atoms with Crippen LogP contribution in [0.3, 0.4) is 0 Å². The minimum atomic E-state index is 0.297. The second kappa shape index (κ2) is 9.58.